The van der Waals surface area contributed by atoms with Gasteiger partial charge < -0.3 is 14.2 Å². The van der Waals surface area contributed by atoms with Gasteiger partial charge in [0.2, 0.25) is 11.4 Å². The lowest BCUT2D eigenvalue weighted by atomic mass is 9.84. The average Bonchev–Trinajstić information content (AvgIpc) is 2.88. The van der Waals surface area contributed by atoms with Crippen LogP contribution >= 0.6 is 104 Å². The number of ether oxygens (including phenoxy) is 3. The summed E-state index contributed by atoms with van der Waals surface area (Å²) in [5.74, 6) is 0.383. The van der Waals surface area contributed by atoms with Crippen LogP contribution in [0.25, 0.3) is 0 Å². The van der Waals surface area contributed by atoms with Gasteiger partial charge in [-0.05, 0) is 17.7 Å². The van der Waals surface area contributed by atoms with E-state index in [1.807, 2.05) is 0 Å². The highest BCUT2D eigenvalue weighted by Gasteiger charge is 2.71. The molecule has 1 fully saturated rings. The molecule has 1 aliphatic heterocycles. The summed E-state index contributed by atoms with van der Waals surface area (Å²) >= 11 is 54.8. The number of benzene rings is 1. The summed E-state index contributed by atoms with van der Waals surface area (Å²) < 4.78 is 8.06. The molecule has 1 atom stereocenters. The minimum Gasteiger partial charge on any atom is -0.490 e. The van der Waals surface area contributed by atoms with E-state index in [2.05, 4.69) is 4.74 Å². The van der Waals surface area contributed by atoms with E-state index in [0.29, 0.717) is 5.75 Å². The number of cyclic esters (lactones) is 2. The maximum absolute atomic E-state index is 10.9. The molecule has 0 radical (unpaired) electrons. The van der Waals surface area contributed by atoms with Crippen molar-refractivity contribution in [3.8, 4) is 5.75 Å². The molecule has 1 heterocycles. The van der Waals surface area contributed by atoms with Crippen molar-refractivity contribution in [1.82, 2.24) is 0 Å². The Morgan fingerprint density at radius 3 is 1.74 bits per heavy atom. The van der Waals surface area contributed by atoms with Gasteiger partial charge in [0.15, 0.2) is 6.10 Å². The minimum absolute atomic E-state index is 0.0651. The highest BCUT2D eigenvalue weighted by Crippen LogP contribution is 2.67. The minimum atomic E-state index is -2.32. The Morgan fingerprint density at radius 2 is 1.37 bits per heavy atom. The van der Waals surface area contributed by atoms with E-state index < -0.39 is 29.1 Å². The van der Waals surface area contributed by atoms with Gasteiger partial charge in [-0.3, -0.25) is 0 Å². The zero-order valence-corrected chi connectivity index (χ0v) is 19.6. The molecule has 1 saturated heterocycles. The van der Waals surface area contributed by atoms with E-state index in [4.69, 9.17) is 114 Å². The number of hydrogen-bond donors (Lipinski definition) is 0. The maximum Gasteiger partial charge on any atom is 0.508 e. The molecule has 0 amide bonds. The maximum atomic E-state index is 10.9. The number of hydrogen-bond acceptors (Lipinski definition) is 4. The lowest BCUT2D eigenvalue weighted by molar-refractivity contribution is 0.0983. The van der Waals surface area contributed by atoms with Crippen LogP contribution in [0.3, 0.4) is 0 Å². The summed E-state index contributed by atoms with van der Waals surface area (Å²) in [6, 6.07) is 5.84. The molecule has 0 spiro atoms. The topological polar surface area (TPSA) is 44.8 Å². The third kappa shape index (κ3) is 4.98. The second-order valence-corrected chi connectivity index (χ2v) is 12.2. The number of carbonyl (C=O) groups is 1. The Labute approximate surface area is 200 Å². The van der Waals surface area contributed by atoms with Crippen molar-refractivity contribution in [3.05, 3.63) is 29.8 Å². The largest absolute Gasteiger partial charge is 0.508 e. The molecular formula is C14H9Cl9O4. The Balaban J connectivity index is 2.33. The fraction of sp³-hybridized carbons (Fsp3) is 0.500. The fourth-order valence-electron chi connectivity index (χ4n) is 2.41. The van der Waals surface area contributed by atoms with Crippen molar-refractivity contribution < 1.29 is 19.0 Å². The van der Waals surface area contributed by atoms with E-state index in [1.54, 1.807) is 0 Å². The first-order chi connectivity index (χ1) is 12.2. The van der Waals surface area contributed by atoms with Crippen molar-refractivity contribution in [2.24, 2.45) is 0 Å². The summed E-state index contributed by atoms with van der Waals surface area (Å²) in [6.07, 6.45) is -1.28. The van der Waals surface area contributed by atoms with Crippen molar-refractivity contribution in [2.75, 3.05) is 13.2 Å². The van der Waals surface area contributed by atoms with Gasteiger partial charge in [-0.15, -0.1) is 0 Å². The normalized spacial score (nSPS) is 18.9. The van der Waals surface area contributed by atoms with Crippen LogP contribution in [-0.4, -0.2) is 36.9 Å². The predicted molar refractivity (Wildman–Crippen MR) is 111 cm³/mol. The zero-order chi connectivity index (χ0) is 20.7. The van der Waals surface area contributed by atoms with E-state index in [1.165, 1.54) is 24.3 Å². The lowest BCUT2D eigenvalue weighted by Gasteiger charge is -2.49. The lowest BCUT2D eigenvalue weighted by Crippen LogP contribution is -2.59. The Morgan fingerprint density at radius 1 is 0.889 bits per heavy atom. The Bertz CT molecular complexity index is 640. The van der Waals surface area contributed by atoms with E-state index >= 15 is 0 Å². The van der Waals surface area contributed by atoms with E-state index in [9.17, 15) is 4.79 Å². The van der Waals surface area contributed by atoms with Gasteiger partial charge in [-0.2, -0.15) is 0 Å². The molecule has 0 aliphatic carbocycles. The van der Waals surface area contributed by atoms with Crippen LogP contribution < -0.4 is 4.74 Å². The van der Waals surface area contributed by atoms with Gasteiger partial charge in [0.1, 0.15) is 24.4 Å². The SMILES string of the molecule is O=C1OCC(COc2ccc(C(C(Cl)(Cl)Cl)(C(Cl)(Cl)Cl)C(Cl)(Cl)Cl)cc2)O1. The first-order valence-electron chi connectivity index (χ1n) is 6.97. The third-order valence-electron chi connectivity index (χ3n) is 3.65. The molecule has 4 nitrogen and oxygen atoms in total. The second kappa shape index (κ2) is 8.56. The van der Waals surface area contributed by atoms with Crippen molar-refractivity contribution in [1.29, 1.82) is 0 Å². The van der Waals surface area contributed by atoms with Crippen LogP contribution in [0.15, 0.2) is 24.3 Å². The molecule has 1 aliphatic rings. The van der Waals surface area contributed by atoms with E-state index in [0.717, 1.165) is 0 Å². The number of halogens is 9. The van der Waals surface area contributed by atoms with Crippen molar-refractivity contribution in [2.45, 2.75) is 22.9 Å². The first kappa shape index (κ1) is 24.2. The molecule has 1 aromatic carbocycles. The van der Waals surface area contributed by atoms with Crippen LogP contribution in [0.4, 0.5) is 4.79 Å². The number of carbonyl (C=O) groups excluding carboxylic acids is 1. The van der Waals surface area contributed by atoms with Gasteiger partial charge in [0.05, 0.1) is 0 Å². The quantitative estimate of drug-likeness (QED) is 0.296. The summed E-state index contributed by atoms with van der Waals surface area (Å²) in [5.41, 5.74) is -2.04. The summed E-state index contributed by atoms with van der Waals surface area (Å²) in [4.78, 5) is 10.9. The summed E-state index contributed by atoms with van der Waals surface area (Å²) in [6.45, 7) is 0.156. The fourth-order valence-corrected chi connectivity index (χ4v) is 7.25. The molecule has 0 bridgehead atoms. The van der Waals surface area contributed by atoms with Gasteiger partial charge in [-0.25, -0.2) is 4.79 Å². The van der Waals surface area contributed by atoms with Crippen LogP contribution in [0.5, 0.6) is 5.75 Å². The van der Waals surface area contributed by atoms with Crippen molar-refractivity contribution >= 4 is 111 Å². The zero-order valence-electron chi connectivity index (χ0n) is 12.8. The molecule has 152 valence electrons. The molecule has 0 aromatic heterocycles. The molecule has 0 N–H and O–H groups in total. The molecule has 13 heteroatoms. The molecule has 0 saturated carbocycles. The third-order valence-corrected chi connectivity index (χ3v) is 6.20. The molecular weight excluding hydrogens is 551 g/mol. The average molecular weight is 560 g/mol. The summed E-state index contributed by atoms with van der Waals surface area (Å²) in [5, 5.41) is 0. The first-order valence-corrected chi connectivity index (χ1v) is 10.4. The predicted octanol–water partition coefficient (Wildman–Crippen LogP) is 6.95. The molecule has 1 aromatic rings. The highest BCUT2D eigenvalue weighted by molar-refractivity contribution is 6.78. The number of alkyl halides is 9. The molecule has 27 heavy (non-hydrogen) atoms. The van der Waals surface area contributed by atoms with Gasteiger partial charge in [0.25, 0.3) is 0 Å². The molecule has 2 rings (SSSR count). The highest BCUT2D eigenvalue weighted by atomic mass is 35.6. The van der Waals surface area contributed by atoms with Crippen molar-refractivity contribution in [3.63, 3.8) is 0 Å². The molecule has 1 unspecified atom stereocenters. The number of rotatable bonds is 4. The van der Waals surface area contributed by atoms with Crippen LogP contribution in [0, 0.1) is 0 Å². The second-order valence-electron chi connectivity index (χ2n) is 5.38. The summed E-state index contributed by atoms with van der Waals surface area (Å²) in [7, 11) is 0. The van der Waals surface area contributed by atoms with Crippen LogP contribution in [0.1, 0.15) is 5.56 Å². The van der Waals surface area contributed by atoms with Gasteiger partial charge in [-0.1, -0.05) is 117 Å². The van der Waals surface area contributed by atoms with Gasteiger partial charge in [0, 0.05) is 0 Å². The smallest absolute Gasteiger partial charge is 0.490 e. The monoisotopic (exact) mass is 556 g/mol. The Hall–Kier alpha value is 0.900. The van der Waals surface area contributed by atoms with Crippen LogP contribution in [0.2, 0.25) is 0 Å². The standard InChI is InChI=1S/C14H9Cl9O4/c15-12(16,17)11(13(18,19)20,14(21,22)23)7-1-3-8(4-2-7)25-5-9-6-26-10(24)27-9/h1-4,9H,5-6H2. The van der Waals surface area contributed by atoms with Gasteiger partial charge >= 0.3 is 6.16 Å². The van der Waals surface area contributed by atoms with Crippen LogP contribution in [-0.2, 0) is 14.9 Å². The van der Waals surface area contributed by atoms with E-state index in [-0.39, 0.29) is 18.8 Å². The Kier molecular flexibility index (Phi) is 7.67.